The van der Waals surface area contributed by atoms with Gasteiger partial charge in [-0.3, -0.25) is 0 Å². The Labute approximate surface area is 130 Å². The largest absolute Gasteiger partial charge is 0.356 e. The van der Waals surface area contributed by atoms with Crippen molar-refractivity contribution >= 4 is 41.3 Å². The molecule has 0 fully saturated rings. The minimum Gasteiger partial charge on any atom is -0.356 e. The molecule has 0 amide bonds. The molecule has 0 saturated carbocycles. The van der Waals surface area contributed by atoms with Gasteiger partial charge < -0.3 is 10.2 Å². The summed E-state index contributed by atoms with van der Waals surface area (Å²) in [5.74, 6) is 3.33. The second kappa shape index (κ2) is 9.16. The normalized spacial score (nSPS) is 10.4. The van der Waals surface area contributed by atoms with E-state index in [4.69, 9.17) is 6.42 Å². The van der Waals surface area contributed by atoms with Crippen LogP contribution >= 0.6 is 35.3 Å². The van der Waals surface area contributed by atoms with E-state index in [9.17, 15) is 0 Å². The number of aryl methyl sites for hydroxylation is 1. The van der Waals surface area contributed by atoms with E-state index in [0.717, 1.165) is 29.8 Å². The van der Waals surface area contributed by atoms with E-state index in [1.807, 2.05) is 25.8 Å². The summed E-state index contributed by atoms with van der Waals surface area (Å²) in [6.07, 6.45) is 5.21. The Hall–Kier alpha value is -0.810. The zero-order chi connectivity index (χ0) is 12.7. The van der Waals surface area contributed by atoms with E-state index in [0.29, 0.717) is 6.54 Å². The molecular weight excluding hydrogens is 359 g/mol. The van der Waals surface area contributed by atoms with E-state index < -0.39 is 0 Å². The number of nitrogens with zero attached hydrogens (tertiary/aromatic N) is 3. The quantitative estimate of drug-likeness (QED) is 0.378. The molecule has 100 valence electrons. The van der Waals surface area contributed by atoms with Gasteiger partial charge in [-0.2, -0.15) is 0 Å². The summed E-state index contributed by atoms with van der Waals surface area (Å²) in [6.45, 7) is 5.99. The van der Waals surface area contributed by atoms with Gasteiger partial charge in [0.1, 0.15) is 6.54 Å². The molecule has 0 spiro atoms. The van der Waals surface area contributed by atoms with Crippen LogP contribution in [0, 0.1) is 19.3 Å². The molecule has 1 aromatic rings. The molecule has 0 aliphatic carbocycles. The molecule has 0 aliphatic rings. The standard InChI is InChI=1S/C12H18N4S.HI/c1-5-7-14-12(13-6-2)16(4)8-11-9-17-10(3)15-11;/h1,9H,6-8H2,2-4H3,(H,13,14);1H. The topological polar surface area (TPSA) is 40.5 Å². The number of halogens is 1. The van der Waals surface area contributed by atoms with Gasteiger partial charge in [-0.25, -0.2) is 9.98 Å². The molecule has 0 saturated heterocycles. The lowest BCUT2D eigenvalue weighted by Gasteiger charge is -2.20. The van der Waals surface area contributed by atoms with Crippen molar-refractivity contribution in [2.75, 3.05) is 20.1 Å². The average Bonchev–Trinajstić information content (AvgIpc) is 2.70. The summed E-state index contributed by atoms with van der Waals surface area (Å²) in [4.78, 5) is 10.8. The molecule has 6 heteroatoms. The first kappa shape index (κ1) is 17.2. The summed E-state index contributed by atoms with van der Waals surface area (Å²) in [5, 5.41) is 6.35. The second-order valence-corrected chi connectivity index (χ2v) is 4.65. The fourth-order valence-electron chi connectivity index (χ4n) is 1.39. The summed E-state index contributed by atoms with van der Waals surface area (Å²) < 4.78 is 0. The Morgan fingerprint density at radius 2 is 2.39 bits per heavy atom. The average molecular weight is 378 g/mol. The Kier molecular flexibility index (Phi) is 8.75. The van der Waals surface area contributed by atoms with Gasteiger partial charge in [-0.15, -0.1) is 41.7 Å². The third-order valence-electron chi connectivity index (χ3n) is 2.08. The summed E-state index contributed by atoms with van der Waals surface area (Å²) in [5.41, 5.74) is 1.06. The third kappa shape index (κ3) is 5.69. The Morgan fingerprint density at radius 1 is 1.67 bits per heavy atom. The summed E-state index contributed by atoms with van der Waals surface area (Å²) >= 11 is 1.66. The fraction of sp³-hybridized carbons (Fsp3) is 0.500. The predicted octanol–water partition coefficient (Wildman–Crippen LogP) is 2.10. The molecule has 1 aromatic heterocycles. The maximum atomic E-state index is 5.21. The van der Waals surface area contributed by atoms with Crippen LogP contribution in [0.4, 0.5) is 0 Å². The highest BCUT2D eigenvalue weighted by molar-refractivity contribution is 14.0. The Balaban J connectivity index is 0.00000289. The number of hydrogen-bond donors (Lipinski definition) is 1. The van der Waals surface area contributed by atoms with Crippen LogP contribution in [0.1, 0.15) is 17.6 Å². The highest BCUT2D eigenvalue weighted by Crippen LogP contribution is 2.09. The summed E-state index contributed by atoms with van der Waals surface area (Å²) in [7, 11) is 1.98. The van der Waals surface area contributed by atoms with Crippen molar-refractivity contribution in [3.63, 3.8) is 0 Å². The number of guanidine groups is 1. The molecule has 0 aromatic carbocycles. The van der Waals surface area contributed by atoms with Gasteiger partial charge in [0, 0.05) is 19.0 Å². The minimum absolute atomic E-state index is 0. The SMILES string of the molecule is C#CCN=C(NCC)N(C)Cc1csc(C)n1.I. The number of nitrogens with one attached hydrogen (secondary N) is 1. The molecular formula is C12H19IN4S. The zero-order valence-corrected chi connectivity index (χ0v) is 14.1. The van der Waals surface area contributed by atoms with Crippen molar-refractivity contribution in [2.45, 2.75) is 20.4 Å². The van der Waals surface area contributed by atoms with Crippen molar-refractivity contribution in [1.29, 1.82) is 0 Å². The monoisotopic (exact) mass is 378 g/mol. The van der Waals surface area contributed by atoms with Crippen LogP contribution in [0.5, 0.6) is 0 Å². The lowest BCUT2D eigenvalue weighted by atomic mass is 10.4. The van der Waals surface area contributed by atoms with Crippen LogP contribution in [0.2, 0.25) is 0 Å². The second-order valence-electron chi connectivity index (χ2n) is 3.59. The lowest BCUT2D eigenvalue weighted by molar-refractivity contribution is 0.472. The predicted molar refractivity (Wildman–Crippen MR) is 88.5 cm³/mol. The van der Waals surface area contributed by atoms with E-state index in [1.165, 1.54) is 0 Å². The molecule has 1 heterocycles. The van der Waals surface area contributed by atoms with Crippen LogP contribution in [0.25, 0.3) is 0 Å². The van der Waals surface area contributed by atoms with Gasteiger partial charge in [-0.1, -0.05) is 5.92 Å². The molecule has 0 bridgehead atoms. The van der Waals surface area contributed by atoms with Gasteiger partial charge >= 0.3 is 0 Å². The number of terminal acetylenes is 1. The minimum atomic E-state index is 0. The van der Waals surface area contributed by atoms with Crippen molar-refractivity contribution in [1.82, 2.24) is 15.2 Å². The van der Waals surface area contributed by atoms with Gasteiger partial charge in [0.05, 0.1) is 17.2 Å². The molecule has 1 rings (SSSR count). The zero-order valence-electron chi connectivity index (χ0n) is 10.9. The maximum Gasteiger partial charge on any atom is 0.194 e. The van der Waals surface area contributed by atoms with Gasteiger partial charge in [0.25, 0.3) is 0 Å². The first-order valence-corrected chi connectivity index (χ1v) is 6.39. The first-order valence-electron chi connectivity index (χ1n) is 5.51. The van der Waals surface area contributed by atoms with Crippen molar-refractivity contribution in [2.24, 2.45) is 4.99 Å². The maximum absolute atomic E-state index is 5.21. The lowest BCUT2D eigenvalue weighted by Crippen LogP contribution is -2.38. The van der Waals surface area contributed by atoms with Gasteiger partial charge in [0.2, 0.25) is 0 Å². The molecule has 0 aliphatic heterocycles. The van der Waals surface area contributed by atoms with Crippen molar-refractivity contribution in [3.05, 3.63) is 16.1 Å². The van der Waals surface area contributed by atoms with Crippen LogP contribution in [-0.2, 0) is 6.54 Å². The highest BCUT2D eigenvalue weighted by Gasteiger charge is 2.07. The molecule has 0 atom stereocenters. The molecule has 0 unspecified atom stereocenters. The van der Waals surface area contributed by atoms with E-state index >= 15 is 0 Å². The molecule has 1 N–H and O–H groups in total. The number of aromatic nitrogens is 1. The van der Waals surface area contributed by atoms with Crippen molar-refractivity contribution < 1.29 is 0 Å². The van der Waals surface area contributed by atoms with Crippen LogP contribution in [0.15, 0.2) is 10.4 Å². The van der Waals surface area contributed by atoms with Crippen LogP contribution in [0.3, 0.4) is 0 Å². The number of aliphatic imine (C=N–C) groups is 1. The smallest absolute Gasteiger partial charge is 0.194 e. The van der Waals surface area contributed by atoms with Gasteiger partial charge in [0.15, 0.2) is 5.96 Å². The van der Waals surface area contributed by atoms with Crippen molar-refractivity contribution in [3.8, 4) is 12.3 Å². The number of rotatable bonds is 4. The number of thiazole rings is 1. The molecule has 4 nitrogen and oxygen atoms in total. The van der Waals surface area contributed by atoms with E-state index in [1.54, 1.807) is 11.3 Å². The fourth-order valence-corrected chi connectivity index (χ4v) is 1.99. The summed E-state index contributed by atoms with van der Waals surface area (Å²) in [6, 6.07) is 0. The van der Waals surface area contributed by atoms with E-state index in [-0.39, 0.29) is 24.0 Å². The molecule has 18 heavy (non-hydrogen) atoms. The molecule has 0 radical (unpaired) electrons. The van der Waals surface area contributed by atoms with Crippen LogP contribution in [-0.4, -0.2) is 36.0 Å². The Bertz CT molecular complexity index is 422. The highest BCUT2D eigenvalue weighted by atomic mass is 127. The Morgan fingerprint density at radius 3 is 2.89 bits per heavy atom. The number of hydrogen-bond acceptors (Lipinski definition) is 3. The third-order valence-corrected chi connectivity index (χ3v) is 2.90. The van der Waals surface area contributed by atoms with Gasteiger partial charge in [-0.05, 0) is 13.8 Å². The van der Waals surface area contributed by atoms with Crippen LogP contribution < -0.4 is 5.32 Å². The first-order chi connectivity index (χ1) is 8.17. The van der Waals surface area contributed by atoms with E-state index in [2.05, 4.69) is 26.6 Å².